The zero-order valence-corrected chi connectivity index (χ0v) is 8.70. The Hall–Kier alpha value is -1.35. The van der Waals surface area contributed by atoms with Crippen LogP contribution in [0.15, 0.2) is 24.3 Å². The number of amides is 1. The Bertz CT molecular complexity index is 358. The van der Waals surface area contributed by atoms with Gasteiger partial charge in [0.05, 0.1) is 0 Å². The molecular weight excluding hydrogens is 188 g/mol. The first kappa shape index (κ1) is 10.2. The van der Waals surface area contributed by atoms with E-state index in [1.807, 2.05) is 24.3 Å². The number of nitrogens with one attached hydrogen (secondary N) is 1. The van der Waals surface area contributed by atoms with Crippen LogP contribution in [0.3, 0.4) is 0 Å². The lowest BCUT2D eigenvalue weighted by atomic mass is 10.1. The highest BCUT2D eigenvalue weighted by molar-refractivity contribution is 5.80. The van der Waals surface area contributed by atoms with Crippen molar-refractivity contribution in [2.45, 2.75) is 25.9 Å². The van der Waals surface area contributed by atoms with Crippen LogP contribution in [0.5, 0.6) is 0 Å². The van der Waals surface area contributed by atoms with E-state index in [9.17, 15) is 4.79 Å². The molecule has 2 rings (SSSR count). The molecule has 1 amide bonds. The molecule has 3 N–H and O–H groups in total. The van der Waals surface area contributed by atoms with E-state index in [1.54, 1.807) is 0 Å². The summed E-state index contributed by atoms with van der Waals surface area (Å²) in [4.78, 5) is 11.4. The molecule has 80 valence electrons. The Morgan fingerprint density at radius 1 is 1.40 bits per heavy atom. The number of benzene rings is 1. The maximum absolute atomic E-state index is 11.4. The van der Waals surface area contributed by atoms with Crippen molar-refractivity contribution in [2.75, 3.05) is 0 Å². The molecule has 15 heavy (non-hydrogen) atoms. The SMILES string of the molecule is NCc1cccc(CNC(=O)C2CC2)c1. The molecule has 0 aliphatic heterocycles. The average molecular weight is 204 g/mol. The normalized spacial score (nSPS) is 15.0. The van der Waals surface area contributed by atoms with E-state index < -0.39 is 0 Å². The van der Waals surface area contributed by atoms with Crippen molar-refractivity contribution in [1.29, 1.82) is 0 Å². The first-order valence-corrected chi connectivity index (χ1v) is 5.35. The van der Waals surface area contributed by atoms with Crippen LogP contribution in [-0.2, 0) is 17.9 Å². The molecule has 3 heteroatoms. The second kappa shape index (κ2) is 4.45. The van der Waals surface area contributed by atoms with Crippen molar-refractivity contribution >= 4 is 5.91 Å². The maximum atomic E-state index is 11.4. The monoisotopic (exact) mass is 204 g/mol. The van der Waals surface area contributed by atoms with Gasteiger partial charge in [-0.3, -0.25) is 4.79 Å². The smallest absolute Gasteiger partial charge is 0.223 e. The van der Waals surface area contributed by atoms with Gasteiger partial charge >= 0.3 is 0 Å². The van der Waals surface area contributed by atoms with E-state index in [0.717, 1.165) is 24.0 Å². The van der Waals surface area contributed by atoms with Crippen molar-refractivity contribution in [3.8, 4) is 0 Å². The molecule has 1 aromatic carbocycles. The van der Waals surface area contributed by atoms with Gasteiger partial charge in [0.2, 0.25) is 5.91 Å². The Kier molecular flexibility index (Phi) is 3.02. The molecule has 1 aliphatic carbocycles. The van der Waals surface area contributed by atoms with Gasteiger partial charge in [-0.1, -0.05) is 24.3 Å². The fourth-order valence-corrected chi connectivity index (χ4v) is 1.55. The van der Waals surface area contributed by atoms with Gasteiger partial charge < -0.3 is 11.1 Å². The van der Waals surface area contributed by atoms with Crippen molar-refractivity contribution in [3.05, 3.63) is 35.4 Å². The van der Waals surface area contributed by atoms with E-state index in [0.29, 0.717) is 13.1 Å². The molecule has 0 radical (unpaired) electrons. The van der Waals surface area contributed by atoms with Crippen LogP contribution < -0.4 is 11.1 Å². The molecule has 0 atom stereocenters. The second-order valence-electron chi connectivity index (χ2n) is 4.02. The predicted octanol–water partition coefficient (Wildman–Crippen LogP) is 1.17. The molecule has 1 aliphatic rings. The molecule has 0 aromatic heterocycles. The van der Waals surface area contributed by atoms with Crippen LogP contribution in [0.1, 0.15) is 24.0 Å². The summed E-state index contributed by atoms with van der Waals surface area (Å²) in [5, 5.41) is 2.93. The molecule has 0 unspecified atom stereocenters. The third-order valence-corrected chi connectivity index (χ3v) is 2.64. The van der Waals surface area contributed by atoms with Gasteiger partial charge in [-0.15, -0.1) is 0 Å². The topological polar surface area (TPSA) is 55.1 Å². The number of nitrogens with two attached hydrogens (primary N) is 1. The summed E-state index contributed by atoms with van der Waals surface area (Å²) in [7, 11) is 0. The maximum Gasteiger partial charge on any atom is 0.223 e. The first-order valence-electron chi connectivity index (χ1n) is 5.35. The number of hydrogen-bond acceptors (Lipinski definition) is 2. The average Bonchev–Trinajstić information content (AvgIpc) is 3.10. The van der Waals surface area contributed by atoms with Crippen LogP contribution in [0, 0.1) is 5.92 Å². The fourth-order valence-electron chi connectivity index (χ4n) is 1.55. The van der Waals surface area contributed by atoms with Crippen molar-refractivity contribution in [1.82, 2.24) is 5.32 Å². The van der Waals surface area contributed by atoms with E-state index in [2.05, 4.69) is 5.32 Å². The second-order valence-corrected chi connectivity index (χ2v) is 4.02. The molecule has 0 spiro atoms. The zero-order chi connectivity index (χ0) is 10.7. The van der Waals surface area contributed by atoms with Crippen LogP contribution in [0.2, 0.25) is 0 Å². The van der Waals surface area contributed by atoms with Crippen LogP contribution in [-0.4, -0.2) is 5.91 Å². The fraction of sp³-hybridized carbons (Fsp3) is 0.417. The summed E-state index contributed by atoms with van der Waals surface area (Å²) in [6, 6.07) is 8.01. The summed E-state index contributed by atoms with van der Waals surface area (Å²) in [6.07, 6.45) is 2.10. The predicted molar refractivity (Wildman–Crippen MR) is 58.9 cm³/mol. The van der Waals surface area contributed by atoms with Gasteiger partial charge in [-0.2, -0.15) is 0 Å². The molecule has 1 fully saturated rings. The number of carbonyl (C=O) groups is 1. The summed E-state index contributed by atoms with van der Waals surface area (Å²) >= 11 is 0. The summed E-state index contributed by atoms with van der Waals surface area (Å²) in [5.74, 6) is 0.468. The Morgan fingerprint density at radius 2 is 2.13 bits per heavy atom. The number of hydrogen-bond donors (Lipinski definition) is 2. The van der Waals surface area contributed by atoms with Crippen molar-refractivity contribution in [3.63, 3.8) is 0 Å². The minimum Gasteiger partial charge on any atom is -0.352 e. The van der Waals surface area contributed by atoms with Crippen LogP contribution >= 0.6 is 0 Å². The summed E-state index contributed by atoms with van der Waals surface area (Å²) < 4.78 is 0. The quantitative estimate of drug-likeness (QED) is 0.773. The van der Waals surface area contributed by atoms with E-state index >= 15 is 0 Å². The lowest BCUT2D eigenvalue weighted by Gasteiger charge is -2.05. The lowest BCUT2D eigenvalue weighted by molar-refractivity contribution is -0.122. The van der Waals surface area contributed by atoms with Gasteiger partial charge in [0.25, 0.3) is 0 Å². The highest BCUT2D eigenvalue weighted by atomic mass is 16.2. The van der Waals surface area contributed by atoms with Crippen molar-refractivity contribution in [2.24, 2.45) is 11.7 Å². The van der Waals surface area contributed by atoms with E-state index in [1.165, 1.54) is 0 Å². The third kappa shape index (κ3) is 2.80. The van der Waals surface area contributed by atoms with E-state index in [4.69, 9.17) is 5.73 Å². The van der Waals surface area contributed by atoms with Gasteiger partial charge in [-0.25, -0.2) is 0 Å². The minimum atomic E-state index is 0.188. The summed E-state index contributed by atoms with van der Waals surface area (Å²) in [6.45, 7) is 1.16. The molecule has 1 saturated carbocycles. The Balaban J connectivity index is 1.89. The van der Waals surface area contributed by atoms with Gasteiger partial charge in [-0.05, 0) is 24.0 Å². The lowest BCUT2D eigenvalue weighted by Crippen LogP contribution is -2.24. The molecule has 1 aromatic rings. The highest BCUT2D eigenvalue weighted by Crippen LogP contribution is 2.28. The van der Waals surface area contributed by atoms with Crippen molar-refractivity contribution < 1.29 is 4.79 Å². The summed E-state index contributed by atoms with van der Waals surface area (Å²) in [5.41, 5.74) is 7.77. The number of rotatable bonds is 4. The molecule has 0 bridgehead atoms. The third-order valence-electron chi connectivity index (χ3n) is 2.64. The Morgan fingerprint density at radius 3 is 2.80 bits per heavy atom. The van der Waals surface area contributed by atoms with Crippen LogP contribution in [0.25, 0.3) is 0 Å². The van der Waals surface area contributed by atoms with Gasteiger partial charge in [0.15, 0.2) is 0 Å². The van der Waals surface area contributed by atoms with Gasteiger partial charge in [0, 0.05) is 19.0 Å². The zero-order valence-electron chi connectivity index (χ0n) is 8.70. The molecule has 3 nitrogen and oxygen atoms in total. The Labute approximate surface area is 89.7 Å². The number of carbonyl (C=O) groups excluding carboxylic acids is 1. The van der Waals surface area contributed by atoms with E-state index in [-0.39, 0.29) is 11.8 Å². The molecule has 0 heterocycles. The van der Waals surface area contributed by atoms with Gasteiger partial charge in [0.1, 0.15) is 0 Å². The highest BCUT2D eigenvalue weighted by Gasteiger charge is 2.29. The standard InChI is InChI=1S/C12H16N2O/c13-7-9-2-1-3-10(6-9)8-14-12(15)11-4-5-11/h1-3,6,11H,4-5,7-8,13H2,(H,14,15). The minimum absolute atomic E-state index is 0.188. The largest absolute Gasteiger partial charge is 0.352 e. The van der Waals surface area contributed by atoms with Crippen LogP contribution in [0.4, 0.5) is 0 Å². The first-order chi connectivity index (χ1) is 7.29. The molecular formula is C12H16N2O. The molecule has 0 saturated heterocycles.